The van der Waals surface area contributed by atoms with Gasteiger partial charge in [0, 0.05) is 18.1 Å². The van der Waals surface area contributed by atoms with Crippen LogP contribution in [0.4, 0.5) is 0 Å². The normalized spacial score (nSPS) is 20.9. The van der Waals surface area contributed by atoms with Gasteiger partial charge < -0.3 is 14.8 Å². The van der Waals surface area contributed by atoms with Crippen LogP contribution in [0.1, 0.15) is 12.0 Å². The Kier molecular flexibility index (Phi) is 4.60. The molecule has 0 aliphatic carbocycles. The Morgan fingerprint density at radius 2 is 2.38 bits per heavy atom. The summed E-state index contributed by atoms with van der Waals surface area (Å²) in [5.74, 6) is 0. The van der Waals surface area contributed by atoms with Crippen LogP contribution >= 0.6 is 11.6 Å². The first kappa shape index (κ1) is 11.9. The van der Waals surface area contributed by atoms with E-state index in [1.165, 1.54) is 5.56 Å². The molecule has 1 aromatic carbocycles. The standard InChI is InChI=1S/C12H16ClNO2/c13-11-3-1-2-10(6-11)7-14-8-12-4-5-15-9-16-12/h1-3,6,12,14H,4-5,7-9H2. The first-order chi connectivity index (χ1) is 7.84. The van der Waals surface area contributed by atoms with Crippen molar-refractivity contribution in [2.75, 3.05) is 19.9 Å². The zero-order chi connectivity index (χ0) is 11.2. The molecular weight excluding hydrogens is 226 g/mol. The van der Waals surface area contributed by atoms with E-state index >= 15 is 0 Å². The number of nitrogens with one attached hydrogen (secondary N) is 1. The van der Waals surface area contributed by atoms with Gasteiger partial charge in [-0.15, -0.1) is 0 Å². The Bertz CT molecular complexity index is 327. The number of benzene rings is 1. The summed E-state index contributed by atoms with van der Waals surface area (Å²) in [6.07, 6.45) is 1.23. The molecular formula is C12H16ClNO2. The fourth-order valence-electron chi connectivity index (χ4n) is 1.69. The summed E-state index contributed by atoms with van der Waals surface area (Å²) < 4.78 is 10.5. The van der Waals surface area contributed by atoms with Gasteiger partial charge in [-0.25, -0.2) is 0 Å². The highest BCUT2D eigenvalue weighted by Gasteiger charge is 2.12. The molecule has 4 heteroatoms. The Morgan fingerprint density at radius 1 is 1.44 bits per heavy atom. The third-order valence-electron chi connectivity index (χ3n) is 2.56. The van der Waals surface area contributed by atoms with Gasteiger partial charge >= 0.3 is 0 Å². The van der Waals surface area contributed by atoms with Crippen LogP contribution in [0.15, 0.2) is 24.3 Å². The summed E-state index contributed by atoms with van der Waals surface area (Å²) in [4.78, 5) is 0. The maximum atomic E-state index is 5.90. The van der Waals surface area contributed by atoms with Gasteiger partial charge in [0.1, 0.15) is 6.79 Å². The van der Waals surface area contributed by atoms with E-state index in [9.17, 15) is 0 Å². The third kappa shape index (κ3) is 3.76. The lowest BCUT2D eigenvalue weighted by Crippen LogP contribution is -2.33. The molecule has 3 nitrogen and oxygen atoms in total. The van der Waals surface area contributed by atoms with E-state index in [1.54, 1.807) is 0 Å². The van der Waals surface area contributed by atoms with Crippen molar-refractivity contribution in [3.8, 4) is 0 Å². The second kappa shape index (κ2) is 6.21. The van der Waals surface area contributed by atoms with Crippen LogP contribution in [0, 0.1) is 0 Å². The lowest BCUT2D eigenvalue weighted by atomic mass is 10.2. The lowest BCUT2D eigenvalue weighted by molar-refractivity contribution is -0.137. The number of hydrogen-bond acceptors (Lipinski definition) is 3. The van der Waals surface area contributed by atoms with Crippen LogP contribution < -0.4 is 5.32 Å². The lowest BCUT2D eigenvalue weighted by Gasteiger charge is -2.23. The van der Waals surface area contributed by atoms with Gasteiger partial charge in [-0.2, -0.15) is 0 Å². The molecule has 1 heterocycles. The van der Waals surface area contributed by atoms with E-state index < -0.39 is 0 Å². The van der Waals surface area contributed by atoms with Crippen molar-refractivity contribution in [1.82, 2.24) is 5.32 Å². The average Bonchev–Trinajstić information content (AvgIpc) is 2.30. The molecule has 1 saturated heterocycles. The maximum Gasteiger partial charge on any atom is 0.147 e. The minimum absolute atomic E-state index is 0.271. The highest BCUT2D eigenvalue weighted by atomic mass is 35.5. The van der Waals surface area contributed by atoms with E-state index in [4.69, 9.17) is 21.1 Å². The van der Waals surface area contributed by atoms with Gasteiger partial charge in [-0.05, 0) is 24.1 Å². The molecule has 88 valence electrons. The Labute approximate surface area is 101 Å². The first-order valence-electron chi connectivity index (χ1n) is 5.49. The third-order valence-corrected chi connectivity index (χ3v) is 2.80. The molecule has 0 saturated carbocycles. The van der Waals surface area contributed by atoms with Crippen molar-refractivity contribution >= 4 is 11.6 Å². The summed E-state index contributed by atoms with van der Waals surface area (Å²) in [5.41, 5.74) is 1.19. The molecule has 1 N–H and O–H groups in total. The predicted molar refractivity (Wildman–Crippen MR) is 63.5 cm³/mol. The second-order valence-corrected chi connectivity index (χ2v) is 4.30. The van der Waals surface area contributed by atoms with Gasteiger partial charge in [0.2, 0.25) is 0 Å². The van der Waals surface area contributed by atoms with E-state index in [-0.39, 0.29) is 6.10 Å². The molecule has 1 aliphatic heterocycles. The molecule has 0 spiro atoms. The van der Waals surface area contributed by atoms with Crippen molar-refractivity contribution in [2.24, 2.45) is 0 Å². The van der Waals surface area contributed by atoms with Crippen molar-refractivity contribution in [3.63, 3.8) is 0 Å². The Hall–Kier alpha value is -0.610. The maximum absolute atomic E-state index is 5.90. The minimum Gasteiger partial charge on any atom is -0.355 e. The number of rotatable bonds is 4. The van der Waals surface area contributed by atoms with Crippen LogP contribution in [0.3, 0.4) is 0 Å². The van der Waals surface area contributed by atoms with E-state index in [0.29, 0.717) is 6.79 Å². The van der Waals surface area contributed by atoms with Crippen LogP contribution in [0.5, 0.6) is 0 Å². The van der Waals surface area contributed by atoms with Gasteiger partial charge in [0.15, 0.2) is 0 Å². The van der Waals surface area contributed by atoms with Crippen molar-refractivity contribution in [2.45, 2.75) is 19.1 Å². The van der Waals surface area contributed by atoms with Crippen molar-refractivity contribution < 1.29 is 9.47 Å². The fourth-order valence-corrected chi connectivity index (χ4v) is 1.90. The SMILES string of the molecule is Clc1cccc(CNCC2CCOCO2)c1. The molecule has 1 atom stereocenters. The van der Waals surface area contributed by atoms with Gasteiger partial charge in [-0.3, -0.25) is 0 Å². The van der Waals surface area contributed by atoms with Gasteiger partial charge in [0.05, 0.1) is 12.7 Å². The summed E-state index contributed by atoms with van der Waals surface area (Å²) in [7, 11) is 0. The molecule has 1 aliphatic rings. The monoisotopic (exact) mass is 241 g/mol. The molecule has 0 bridgehead atoms. The molecule has 0 amide bonds. The summed E-state index contributed by atoms with van der Waals surface area (Å²) in [5, 5.41) is 4.14. The fraction of sp³-hybridized carbons (Fsp3) is 0.500. The largest absolute Gasteiger partial charge is 0.355 e. The summed E-state index contributed by atoms with van der Waals surface area (Å²) in [6.45, 7) is 2.89. The molecule has 1 fully saturated rings. The topological polar surface area (TPSA) is 30.5 Å². The predicted octanol–water partition coefficient (Wildman–Crippen LogP) is 2.19. The van der Waals surface area contributed by atoms with Gasteiger partial charge in [-0.1, -0.05) is 23.7 Å². The highest BCUT2D eigenvalue weighted by Crippen LogP contribution is 2.10. The van der Waals surface area contributed by atoms with E-state index in [1.807, 2.05) is 18.2 Å². The molecule has 0 aromatic heterocycles. The summed E-state index contributed by atoms with van der Waals surface area (Å²) >= 11 is 5.90. The Balaban J connectivity index is 1.71. The first-order valence-corrected chi connectivity index (χ1v) is 5.87. The van der Waals surface area contributed by atoms with E-state index in [0.717, 1.165) is 31.1 Å². The highest BCUT2D eigenvalue weighted by molar-refractivity contribution is 6.30. The second-order valence-electron chi connectivity index (χ2n) is 3.86. The van der Waals surface area contributed by atoms with E-state index in [2.05, 4.69) is 11.4 Å². The molecule has 16 heavy (non-hydrogen) atoms. The number of hydrogen-bond donors (Lipinski definition) is 1. The molecule has 1 aromatic rings. The average molecular weight is 242 g/mol. The Morgan fingerprint density at radius 3 is 3.12 bits per heavy atom. The van der Waals surface area contributed by atoms with Crippen LogP contribution in [0.2, 0.25) is 5.02 Å². The zero-order valence-electron chi connectivity index (χ0n) is 9.12. The van der Waals surface area contributed by atoms with Crippen LogP contribution in [0.25, 0.3) is 0 Å². The van der Waals surface area contributed by atoms with Crippen LogP contribution in [-0.4, -0.2) is 26.0 Å². The minimum atomic E-state index is 0.271. The summed E-state index contributed by atoms with van der Waals surface area (Å²) in [6, 6.07) is 7.88. The molecule has 2 rings (SSSR count). The molecule has 0 radical (unpaired) electrons. The number of halogens is 1. The van der Waals surface area contributed by atoms with Crippen LogP contribution in [-0.2, 0) is 16.0 Å². The zero-order valence-corrected chi connectivity index (χ0v) is 9.87. The molecule has 1 unspecified atom stereocenters. The quantitative estimate of drug-likeness (QED) is 0.877. The van der Waals surface area contributed by atoms with Gasteiger partial charge in [0.25, 0.3) is 0 Å². The van der Waals surface area contributed by atoms with Crippen molar-refractivity contribution in [1.29, 1.82) is 0 Å². The van der Waals surface area contributed by atoms with Crippen molar-refractivity contribution in [3.05, 3.63) is 34.9 Å². The number of ether oxygens (including phenoxy) is 2. The smallest absolute Gasteiger partial charge is 0.147 e.